The lowest BCUT2D eigenvalue weighted by Crippen LogP contribution is -2.03. The number of hydrogen-bond donors (Lipinski definition) is 1. The SMILES string of the molecule is C=C[C@@H](C)c1ccccc1C(=O)O. The average Bonchev–Trinajstić information content (AvgIpc) is 2.16. The molecule has 0 fully saturated rings. The Hall–Kier alpha value is -1.57. The van der Waals surface area contributed by atoms with Gasteiger partial charge in [-0.05, 0) is 17.5 Å². The average molecular weight is 176 g/mol. The van der Waals surface area contributed by atoms with E-state index in [4.69, 9.17) is 5.11 Å². The minimum absolute atomic E-state index is 0.0762. The van der Waals surface area contributed by atoms with Gasteiger partial charge >= 0.3 is 5.97 Å². The van der Waals surface area contributed by atoms with E-state index >= 15 is 0 Å². The van der Waals surface area contributed by atoms with Gasteiger partial charge in [-0.3, -0.25) is 0 Å². The van der Waals surface area contributed by atoms with Crippen molar-refractivity contribution >= 4 is 5.97 Å². The fourth-order valence-electron chi connectivity index (χ4n) is 1.22. The van der Waals surface area contributed by atoms with Crippen molar-refractivity contribution in [2.75, 3.05) is 0 Å². The van der Waals surface area contributed by atoms with Crippen LogP contribution in [-0.4, -0.2) is 11.1 Å². The van der Waals surface area contributed by atoms with Crippen LogP contribution in [0.25, 0.3) is 0 Å². The molecule has 1 N–H and O–H groups in total. The Morgan fingerprint density at radius 2 is 2.15 bits per heavy atom. The minimum Gasteiger partial charge on any atom is -0.478 e. The lowest BCUT2D eigenvalue weighted by atomic mass is 9.96. The number of aromatic carboxylic acids is 1. The van der Waals surface area contributed by atoms with Gasteiger partial charge in [0.15, 0.2) is 0 Å². The highest BCUT2D eigenvalue weighted by Gasteiger charge is 2.11. The molecule has 1 atom stereocenters. The van der Waals surface area contributed by atoms with Crippen molar-refractivity contribution in [3.8, 4) is 0 Å². The minimum atomic E-state index is -0.885. The molecular formula is C11H12O2. The van der Waals surface area contributed by atoms with E-state index in [9.17, 15) is 4.79 Å². The molecule has 2 nitrogen and oxygen atoms in total. The standard InChI is InChI=1S/C11H12O2/c1-3-8(2)9-6-4-5-7-10(9)11(12)13/h3-8H,1H2,2H3,(H,12,13)/t8-/m1/s1. The summed E-state index contributed by atoms with van der Waals surface area (Å²) in [6.07, 6.45) is 1.74. The summed E-state index contributed by atoms with van der Waals surface area (Å²) in [6.45, 7) is 5.57. The number of carboxylic acids is 1. The van der Waals surface area contributed by atoms with Gasteiger partial charge in [0.2, 0.25) is 0 Å². The molecule has 0 aliphatic heterocycles. The Kier molecular flexibility index (Phi) is 2.85. The summed E-state index contributed by atoms with van der Waals surface area (Å²) >= 11 is 0. The summed E-state index contributed by atoms with van der Waals surface area (Å²) in [5.41, 5.74) is 1.17. The van der Waals surface area contributed by atoms with Gasteiger partial charge in [0, 0.05) is 0 Å². The quantitative estimate of drug-likeness (QED) is 0.719. The van der Waals surface area contributed by atoms with E-state index in [1.807, 2.05) is 19.1 Å². The second-order valence-corrected chi connectivity index (χ2v) is 2.92. The Balaban J connectivity index is 3.19. The Bertz CT molecular complexity index is 329. The van der Waals surface area contributed by atoms with Crippen LogP contribution in [0.5, 0.6) is 0 Å². The van der Waals surface area contributed by atoms with E-state index < -0.39 is 5.97 Å². The Labute approximate surface area is 77.5 Å². The first kappa shape index (κ1) is 9.52. The number of rotatable bonds is 3. The summed E-state index contributed by atoms with van der Waals surface area (Å²) in [4.78, 5) is 10.8. The summed E-state index contributed by atoms with van der Waals surface area (Å²) in [6, 6.07) is 6.98. The molecule has 0 aliphatic rings. The maximum Gasteiger partial charge on any atom is 0.335 e. The largest absolute Gasteiger partial charge is 0.478 e. The van der Waals surface area contributed by atoms with Crippen molar-refractivity contribution in [1.82, 2.24) is 0 Å². The number of hydrogen-bond acceptors (Lipinski definition) is 1. The maximum atomic E-state index is 10.8. The van der Waals surface area contributed by atoms with Gasteiger partial charge in [-0.25, -0.2) is 4.79 Å². The highest BCUT2D eigenvalue weighted by Crippen LogP contribution is 2.20. The van der Waals surface area contributed by atoms with E-state index in [0.717, 1.165) is 5.56 Å². The van der Waals surface area contributed by atoms with Gasteiger partial charge in [-0.15, -0.1) is 6.58 Å². The molecule has 0 heterocycles. The molecule has 0 saturated carbocycles. The first-order chi connectivity index (χ1) is 6.16. The molecule has 1 rings (SSSR count). The van der Waals surface area contributed by atoms with Gasteiger partial charge in [-0.2, -0.15) is 0 Å². The molecule has 0 aromatic heterocycles. The molecule has 0 bridgehead atoms. The summed E-state index contributed by atoms with van der Waals surface area (Å²) < 4.78 is 0. The van der Waals surface area contributed by atoms with Crippen LogP contribution < -0.4 is 0 Å². The predicted molar refractivity (Wildman–Crippen MR) is 52.0 cm³/mol. The second kappa shape index (κ2) is 3.90. The summed E-state index contributed by atoms with van der Waals surface area (Å²) in [7, 11) is 0. The van der Waals surface area contributed by atoms with Crippen molar-refractivity contribution in [2.24, 2.45) is 0 Å². The van der Waals surface area contributed by atoms with Crippen LogP contribution in [0, 0.1) is 0 Å². The molecule has 0 saturated heterocycles. The highest BCUT2D eigenvalue weighted by molar-refractivity contribution is 5.89. The molecule has 0 amide bonds. The first-order valence-corrected chi connectivity index (χ1v) is 4.11. The maximum absolute atomic E-state index is 10.8. The van der Waals surface area contributed by atoms with E-state index in [1.54, 1.807) is 18.2 Å². The van der Waals surface area contributed by atoms with Crippen LogP contribution >= 0.6 is 0 Å². The smallest absolute Gasteiger partial charge is 0.335 e. The topological polar surface area (TPSA) is 37.3 Å². The highest BCUT2D eigenvalue weighted by atomic mass is 16.4. The van der Waals surface area contributed by atoms with E-state index in [2.05, 4.69) is 6.58 Å². The van der Waals surface area contributed by atoms with Gasteiger partial charge in [0.25, 0.3) is 0 Å². The third-order valence-electron chi connectivity index (χ3n) is 2.04. The summed E-state index contributed by atoms with van der Waals surface area (Å²) in [5, 5.41) is 8.88. The van der Waals surface area contributed by atoms with E-state index in [-0.39, 0.29) is 5.92 Å². The second-order valence-electron chi connectivity index (χ2n) is 2.92. The molecule has 1 aromatic carbocycles. The monoisotopic (exact) mass is 176 g/mol. The van der Waals surface area contributed by atoms with E-state index in [0.29, 0.717) is 5.56 Å². The zero-order chi connectivity index (χ0) is 9.84. The van der Waals surface area contributed by atoms with Crippen molar-refractivity contribution in [3.63, 3.8) is 0 Å². The third-order valence-corrected chi connectivity index (χ3v) is 2.04. The molecule has 1 aromatic rings. The molecule has 2 heteroatoms. The molecule has 0 radical (unpaired) electrons. The lowest BCUT2D eigenvalue weighted by Gasteiger charge is -2.09. The van der Waals surface area contributed by atoms with Gasteiger partial charge in [0.1, 0.15) is 0 Å². The van der Waals surface area contributed by atoms with Crippen LogP contribution in [-0.2, 0) is 0 Å². The molecule has 0 aliphatic carbocycles. The van der Waals surface area contributed by atoms with Crippen LogP contribution in [0.15, 0.2) is 36.9 Å². The van der Waals surface area contributed by atoms with Gasteiger partial charge in [0.05, 0.1) is 5.56 Å². The normalized spacial score (nSPS) is 12.1. The van der Waals surface area contributed by atoms with Crippen molar-refractivity contribution in [3.05, 3.63) is 48.0 Å². The van der Waals surface area contributed by atoms with Crippen LogP contribution in [0.3, 0.4) is 0 Å². The molecular weight excluding hydrogens is 164 g/mol. The van der Waals surface area contributed by atoms with Crippen molar-refractivity contribution < 1.29 is 9.90 Å². The van der Waals surface area contributed by atoms with Gasteiger partial charge < -0.3 is 5.11 Å². The molecule has 0 spiro atoms. The third kappa shape index (κ3) is 1.96. The fourth-order valence-corrected chi connectivity index (χ4v) is 1.22. The molecule has 0 unspecified atom stereocenters. The Morgan fingerprint density at radius 1 is 1.54 bits per heavy atom. The van der Waals surface area contributed by atoms with Crippen LogP contribution in [0.2, 0.25) is 0 Å². The number of carbonyl (C=O) groups is 1. The van der Waals surface area contributed by atoms with Crippen LogP contribution in [0.4, 0.5) is 0 Å². The van der Waals surface area contributed by atoms with Gasteiger partial charge in [-0.1, -0.05) is 31.2 Å². The Morgan fingerprint density at radius 3 is 2.69 bits per heavy atom. The van der Waals surface area contributed by atoms with Crippen molar-refractivity contribution in [1.29, 1.82) is 0 Å². The predicted octanol–water partition coefficient (Wildman–Crippen LogP) is 2.67. The fraction of sp³-hybridized carbons (Fsp3) is 0.182. The zero-order valence-corrected chi connectivity index (χ0v) is 7.53. The van der Waals surface area contributed by atoms with E-state index in [1.165, 1.54) is 0 Å². The number of carboxylic acid groups (broad SMARTS) is 1. The molecule has 68 valence electrons. The number of benzene rings is 1. The lowest BCUT2D eigenvalue weighted by molar-refractivity contribution is 0.0695. The zero-order valence-electron chi connectivity index (χ0n) is 7.53. The summed E-state index contributed by atoms with van der Waals surface area (Å²) in [5.74, 6) is -0.809. The van der Waals surface area contributed by atoms with Crippen molar-refractivity contribution in [2.45, 2.75) is 12.8 Å². The number of allylic oxidation sites excluding steroid dienone is 1. The van der Waals surface area contributed by atoms with Crippen LogP contribution in [0.1, 0.15) is 28.8 Å². The molecule has 13 heavy (non-hydrogen) atoms. The first-order valence-electron chi connectivity index (χ1n) is 4.11.